The van der Waals surface area contributed by atoms with Crippen LogP contribution >= 0.6 is 11.8 Å². The van der Waals surface area contributed by atoms with E-state index in [1.54, 1.807) is 0 Å². The Balaban J connectivity index is 2.01. The van der Waals surface area contributed by atoms with Crippen molar-refractivity contribution in [1.82, 2.24) is 0 Å². The van der Waals surface area contributed by atoms with Crippen molar-refractivity contribution in [2.24, 2.45) is 5.41 Å². The van der Waals surface area contributed by atoms with E-state index in [1.165, 1.54) is 23.3 Å². The molecule has 2 aliphatic carbocycles. The molecule has 17 heavy (non-hydrogen) atoms. The van der Waals surface area contributed by atoms with Crippen molar-refractivity contribution in [3.05, 3.63) is 59.1 Å². The summed E-state index contributed by atoms with van der Waals surface area (Å²) in [5.74, 6) is 0. The molecule has 1 heterocycles. The molecule has 3 rings (SSSR count). The average Bonchev–Trinajstić information content (AvgIpc) is 2.93. The zero-order valence-corrected chi connectivity index (χ0v) is 11.3. The first-order valence-corrected chi connectivity index (χ1v) is 7.18. The zero-order chi connectivity index (χ0) is 11.9. The first kappa shape index (κ1) is 11.2. The second-order valence-corrected chi connectivity index (χ2v) is 6.70. The Kier molecular flexibility index (Phi) is 2.48. The van der Waals surface area contributed by atoms with Gasteiger partial charge in [0.2, 0.25) is 0 Å². The van der Waals surface area contributed by atoms with Gasteiger partial charge in [-0.05, 0) is 25.0 Å². The normalized spacial score (nSPS) is 31.9. The van der Waals surface area contributed by atoms with Gasteiger partial charge in [-0.1, -0.05) is 55.9 Å². The van der Waals surface area contributed by atoms with E-state index in [0.717, 1.165) is 0 Å². The first-order valence-electron chi connectivity index (χ1n) is 6.37. The molecule has 1 atom stereocenters. The van der Waals surface area contributed by atoms with Crippen LogP contribution in [0.25, 0.3) is 0 Å². The van der Waals surface area contributed by atoms with Crippen molar-refractivity contribution in [1.29, 1.82) is 0 Å². The number of hydrogen-bond donors (Lipinski definition) is 0. The highest BCUT2D eigenvalue weighted by molar-refractivity contribution is 8.05. The number of fused-ring (bicyclic) bond motifs is 1. The summed E-state index contributed by atoms with van der Waals surface area (Å²) in [6.45, 7) is 4.66. The maximum absolute atomic E-state index is 2.46. The van der Waals surface area contributed by atoms with E-state index in [2.05, 4.69) is 62.5 Å². The van der Waals surface area contributed by atoms with Crippen LogP contribution in [0.5, 0.6) is 0 Å². The third kappa shape index (κ3) is 1.52. The van der Waals surface area contributed by atoms with E-state index in [0.29, 0.717) is 0 Å². The molecule has 3 aliphatic rings. The molecule has 88 valence electrons. The van der Waals surface area contributed by atoms with Gasteiger partial charge in [0, 0.05) is 15.1 Å². The van der Waals surface area contributed by atoms with E-state index < -0.39 is 0 Å². The van der Waals surface area contributed by atoms with Crippen LogP contribution in [0.2, 0.25) is 0 Å². The number of allylic oxidation sites excluding steroid dienone is 8. The molecule has 1 heteroatoms. The summed E-state index contributed by atoms with van der Waals surface area (Å²) >= 11 is 2.02. The lowest BCUT2D eigenvalue weighted by atomic mass is 9.73. The first-order chi connectivity index (χ1) is 8.19. The van der Waals surface area contributed by atoms with E-state index in [4.69, 9.17) is 0 Å². The van der Waals surface area contributed by atoms with Gasteiger partial charge < -0.3 is 0 Å². The highest BCUT2D eigenvalue weighted by Crippen LogP contribution is 2.58. The Hall–Kier alpha value is -0.950. The van der Waals surface area contributed by atoms with Gasteiger partial charge in [0.25, 0.3) is 0 Å². The van der Waals surface area contributed by atoms with Gasteiger partial charge >= 0.3 is 0 Å². The van der Waals surface area contributed by atoms with Crippen LogP contribution in [0, 0.1) is 5.41 Å². The SMILES string of the molecule is CCCC1(C2(C)C=C3C=CC=C3S2)C=CC=C1. The lowest BCUT2D eigenvalue weighted by Gasteiger charge is -2.40. The lowest BCUT2D eigenvalue weighted by molar-refractivity contribution is 0.388. The molecule has 0 amide bonds. The number of thioether (sulfide) groups is 1. The smallest absolute Gasteiger partial charge is 0.0492 e. The predicted molar refractivity (Wildman–Crippen MR) is 76.9 cm³/mol. The molecule has 0 saturated heterocycles. The van der Waals surface area contributed by atoms with Crippen molar-refractivity contribution >= 4 is 11.8 Å². The summed E-state index contributed by atoms with van der Waals surface area (Å²) in [6.07, 6.45) is 20.7. The van der Waals surface area contributed by atoms with Crippen molar-refractivity contribution in [2.45, 2.75) is 31.4 Å². The maximum atomic E-state index is 2.46. The van der Waals surface area contributed by atoms with Gasteiger partial charge in [0.15, 0.2) is 0 Å². The maximum Gasteiger partial charge on any atom is 0.0492 e. The minimum Gasteiger partial charge on any atom is -0.114 e. The van der Waals surface area contributed by atoms with Gasteiger partial charge in [0.05, 0.1) is 0 Å². The summed E-state index contributed by atoms with van der Waals surface area (Å²) < 4.78 is 0.179. The van der Waals surface area contributed by atoms with Crippen LogP contribution in [0.4, 0.5) is 0 Å². The van der Waals surface area contributed by atoms with Crippen molar-refractivity contribution in [3.8, 4) is 0 Å². The molecule has 0 saturated carbocycles. The van der Waals surface area contributed by atoms with E-state index in [9.17, 15) is 0 Å². The molecular weight excluding hydrogens is 224 g/mol. The van der Waals surface area contributed by atoms with Gasteiger partial charge in [-0.25, -0.2) is 0 Å². The summed E-state index contributed by atoms with van der Waals surface area (Å²) in [6, 6.07) is 0. The minimum absolute atomic E-state index is 0.179. The van der Waals surface area contributed by atoms with Gasteiger partial charge in [-0.2, -0.15) is 0 Å². The Morgan fingerprint density at radius 2 is 1.94 bits per heavy atom. The number of rotatable bonds is 3. The van der Waals surface area contributed by atoms with Gasteiger partial charge in [-0.3, -0.25) is 0 Å². The molecule has 0 spiro atoms. The highest BCUT2D eigenvalue weighted by atomic mass is 32.2. The molecule has 0 fully saturated rings. The van der Waals surface area contributed by atoms with Crippen LogP contribution in [-0.2, 0) is 0 Å². The Morgan fingerprint density at radius 3 is 2.59 bits per heavy atom. The van der Waals surface area contributed by atoms with E-state index in [1.807, 2.05) is 11.8 Å². The Bertz CT molecular complexity index is 476. The van der Waals surface area contributed by atoms with Crippen LogP contribution in [0.15, 0.2) is 59.1 Å². The van der Waals surface area contributed by atoms with Crippen molar-refractivity contribution < 1.29 is 0 Å². The summed E-state index contributed by atoms with van der Waals surface area (Å²) in [5, 5.41) is 0. The monoisotopic (exact) mass is 242 g/mol. The molecule has 0 nitrogen and oxygen atoms in total. The molecule has 0 aromatic carbocycles. The average molecular weight is 242 g/mol. The third-order valence-electron chi connectivity index (χ3n) is 4.05. The molecule has 1 unspecified atom stereocenters. The molecule has 0 aromatic rings. The van der Waals surface area contributed by atoms with Crippen LogP contribution in [-0.4, -0.2) is 4.75 Å². The lowest BCUT2D eigenvalue weighted by Crippen LogP contribution is -2.36. The van der Waals surface area contributed by atoms with Gasteiger partial charge in [-0.15, -0.1) is 11.8 Å². The summed E-state index contributed by atoms with van der Waals surface area (Å²) in [5.41, 5.74) is 1.63. The second-order valence-electron chi connectivity index (χ2n) is 5.21. The standard InChI is InChI=1S/C16H18S/c1-3-9-16(10-4-5-11-16)15(2)12-13-7-6-8-14(13)17-15/h4-8,10-12H,3,9H2,1-2H3. The van der Waals surface area contributed by atoms with Gasteiger partial charge in [0.1, 0.15) is 0 Å². The third-order valence-corrected chi connectivity index (χ3v) is 5.56. The van der Waals surface area contributed by atoms with Crippen LogP contribution < -0.4 is 0 Å². The Labute approximate surface area is 108 Å². The van der Waals surface area contributed by atoms with Crippen molar-refractivity contribution in [3.63, 3.8) is 0 Å². The molecule has 0 aromatic heterocycles. The van der Waals surface area contributed by atoms with E-state index >= 15 is 0 Å². The highest BCUT2D eigenvalue weighted by Gasteiger charge is 2.48. The number of hydrogen-bond acceptors (Lipinski definition) is 1. The quantitative estimate of drug-likeness (QED) is 0.686. The fourth-order valence-electron chi connectivity index (χ4n) is 3.08. The van der Waals surface area contributed by atoms with Crippen molar-refractivity contribution in [2.75, 3.05) is 0 Å². The molecule has 1 aliphatic heterocycles. The van der Waals surface area contributed by atoms with Crippen LogP contribution in [0.3, 0.4) is 0 Å². The summed E-state index contributed by atoms with van der Waals surface area (Å²) in [4.78, 5) is 1.44. The second kappa shape index (κ2) is 3.78. The predicted octanol–water partition coefficient (Wildman–Crippen LogP) is 4.78. The fourth-order valence-corrected chi connectivity index (χ4v) is 4.55. The molecule has 0 bridgehead atoms. The van der Waals surface area contributed by atoms with Crippen LogP contribution in [0.1, 0.15) is 26.7 Å². The molecule has 0 radical (unpaired) electrons. The fraction of sp³-hybridized carbons (Fsp3) is 0.375. The Morgan fingerprint density at radius 1 is 1.18 bits per heavy atom. The zero-order valence-electron chi connectivity index (χ0n) is 10.4. The topological polar surface area (TPSA) is 0 Å². The molecular formula is C16H18S. The summed E-state index contributed by atoms with van der Waals surface area (Å²) in [7, 11) is 0. The van der Waals surface area contributed by atoms with E-state index in [-0.39, 0.29) is 10.2 Å². The minimum atomic E-state index is 0.179. The largest absolute Gasteiger partial charge is 0.114 e. The molecule has 0 N–H and O–H groups in total.